The molecular formula is C24H25N3O3. The van der Waals surface area contributed by atoms with E-state index in [9.17, 15) is 9.59 Å². The molecule has 0 saturated carbocycles. The number of nitrogens with one attached hydrogen (secondary N) is 3. The summed E-state index contributed by atoms with van der Waals surface area (Å²) < 4.78 is 5.76. The highest BCUT2D eigenvalue weighted by atomic mass is 16.5. The molecule has 0 aromatic heterocycles. The lowest BCUT2D eigenvalue weighted by Gasteiger charge is -2.10. The van der Waals surface area contributed by atoms with Crippen molar-refractivity contribution in [3.8, 4) is 5.75 Å². The molecule has 3 N–H and O–H groups in total. The van der Waals surface area contributed by atoms with Gasteiger partial charge in [0.2, 0.25) is 11.8 Å². The second kappa shape index (κ2) is 10.7. The first-order valence-electron chi connectivity index (χ1n) is 9.83. The average molecular weight is 403 g/mol. The lowest BCUT2D eigenvalue weighted by Crippen LogP contribution is -2.21. The first-order chi connectivity index (χ1) is 14.6. The van der Waals surface area contributed by atoms with Gasteiger partial charge in [-0.2, -0.15) is 0 Å². The van der Waals surface area contributed by atoms with Crippen LogP contribution in [0.2, 0.25) is 0 Å². The number of hydrogen-bond donors (Lipinski definition) is 3. The zero-order chi connectivity index (χ0) is 21.2. The van der Waals surface area contributed by atoms with E-state index in [0.717, 1.165) is 17.0 Å². The summed E-state index contributed by atoms with van der Waals surface area (Å²) in [6, 6.07) is 24.5. The topological polar surface area (TPSA) is 79.5 Å². The Hall–Kier alpha value is -3.80. The summed E-state index contributed by atoms with van der Waals surface area (Å²) in [5.74, 6) is 0.557. The van der Waals surface area contributed by atoms with E-state index in [2.05, 4.69) is 16.0 Å². The minimum atomic E-state index is -0.162. The molecule has 3 rings (SSSR count). The largest absolute Gasteiger partial charge is 0.489 e. The summed E-state index contributed by atoms with van der Waals surface area (Å²) in [6.45, 7) is 2.44. The maximum Gasteiger partial charge on any atom is 0.243 e. The third kappa shape index (κ3) is 6.67. The van der Waals surface area contributed by atoms with Crippen molar-refractivity contribution in [1.82, 2.24) is 0 Å². The lowest BCUT2D eigenvalue weighted by molar-refractivity contribution is -0.116. The number of carbonyl (C=O) groups is 2. The Morgan fingerprint density at radius 2 is 1.30 bits per heavy atom. The fraction of sp³-hybridized carbons (Fsp3) is 0.167. The summed E-state index contributed by atoms with van der Waals surface area (Å²) in [7, 11) is 0. The van der Waals surface area contributed by atoms with Crippen molar-refractivity contribution in [3.05, 3.63) is 84.4 Å². The van der Waals surface area contributed by atoms with Crippen molar-refractivity contribution >= 4 is 28.9 Å². The van der Waals surface area contributed by atoms with E-state index in [-0.39, 0.29) is 18.4 Å². The first-order valence-corrected chi connectivity index (χ1v) is 9.83. The predicted octanol–water partition coefficient (Wildman–Crippen LogP) is 4.66. The molecule has 0 aliphatic heterocycles. The van der Waals surface area contributed by atoms with Crippen molar-refractivity contribution in [3.63, 3.8) is 0 Å². The third-order valence-corrected chi connectivity index (χ3v) is 4.33. The minimum Gasteiger partial charge on any atom is -0.489 e. The lowest BCUT2D eigenvalue weighted by atomic mass is 10.2. The van der Waals surface area contributed by atoms with Gasteiger partial charge in [0.1, 0.15) is 12.4 Å². The zero-order valence-electron chi connectivity index (χ0n) is 16.9. The fourth-order valence-electron chi connectivity index (χ4n) is 2.68. The normalized spacial score (nSPS) is 10.2. The number of benzene rings is 3. The molecule has 6 heteroatoms. The zero-order valence-corrected chi connectivity index (χ0v) is 16.9. The Labute approximate surface area is 176 Å². The molecule has 30 heavy (non-hydrogen) atoms. The van der Waals surface area contributed by atoms with Gasteiger partial charge in [0.15, 0.2) is 0 Å². The molecule has 0 saturated heterocycles. The Morgan fingerprint density at radius 3 is 1.90 bits per heavy atom. The van der Waals surface area contributed by atoms with E-state index >= 15 is 0 Å². The van der Waals surface area contributed by atoms with E-state index in [0.29, 0.717) is 24.4 Å². The van der Waals surface area contributed by atoms with Crippen molar-refractivity contribution in [2.45, 2.75) is 20.0 Å². The molecular weight excluding hydrogens is 378 g/mol. The smallest absolute Gasteiger partial charge is 0.243 e. The number of anilines is 3. The molecule has 0 atom stereocenters. The van der Waals surface area contributed by atoms with Gasteiger partial charge in [0.25, 0.3) is 0 Å². The summed E-state index contributed by atoms with van der Waals surface area (Å²) in [5.41, 5.74) is 3.31. The van der Waals surface area contributed by atoms with Crippen molar-refractivity contribution in [2.24, 2.45) is 0 Å². The second-order valence-electron chi connectivity index (χ2n) is 6.68. The van der Waals surface area contributed by atoms with Crippen LogP contribution in [0.5, 0.6) is 5.75 Å². The summed E-state index contributed by atoms with van der Waals surface area (Å²) in [4.78, 5) is 23.5. The van der Waals surface area contributed by atoms with Gasteiger partial charge in [-0.25, -0.2) is 0 Å². The van der Waals surface area contributed by atoms with Crippen molar-refractivity contribution in [1.29, 1.82) is 0 Å². The van der Waals surface area contributed by atoms with Crippen LogP contribution in [-0.2, 0) is 16.2 Å². The SMILES string of the molecule is CCC(=O)Nc1ccc(NC(=O)CNc2ccc(OCc3ccccc3)cc2)cc1. The minimum absolute atomic E-state index is 0.0486. The van der Waals surface area contributed by atoms with Gasteiger partial charge in [0, 0.05) is 23.5 Å². The highest BCUT2D eigenvalue weighted by Gasteiger charge is 2.04. The van der Waals surface area contributed by atoms with Crippen LogP contribution >= 0.6 is 0 Å². The highest BCUT2D eigenvalue weighted by Crippen LogP contribution is 2.17. The summed E-state index contributed by atoms with van der Waals surface area (Å²) in [5, 5.41) is 8.67. The molecule has 0 aliphatic carbocycles. The van der Waals surface area contributed by atoms with Crippen LogP contribution in [0.25, 0.3) is 0 Å². The van der Waals surface area contributed by atoms with E-state index in [1.54, 1.807) is 31.2 Å². The Balaban J connectivity index is 1.42. The molecule has 3 aromatic rings. The summed E-state index contributed by atoms with van der Waals surface area (Å²) >= 11 is 0. The molecule has 154 valence electrons. The Morgan fingerprint density at radius 1 is 0.733 bits per heavy atom. The molecule has 0 unspecified atom stereocenters. The van der Waals surface area contributed by atoms with E-state index in [1.165, 1.54) is 0 Å². The van der Waals surface area contributed by atoms with Gasteiger partial charge < -0.3 is 20.7 Å². The van der Waals surface area contributed by atoms with Gasteiger partial charge in [-0.15, -0.1) is 0 Å². The van der Waals surface area contributed by atoms with Crippen molar-refractivity contribution in [2.75, 3.05) is 22.5 Å². The average Bonchev–Trinajstić information content (AvgIpc) is 2.79. The van der Waals surface area contributed by atoms with Crippen LogP contribution in [-0.4, -0.2) is 18.4 Å². The molecule has 0 radical (unpaired) electrons. The quantitative estimate of drug-likeness (QED) is 0.485. The van der Waals surface area contributed by atoms with Crippen molar-refractivity contribution < 1.29 is 14.3 Å². The van der Waals surface area contributed by atoms with Crippen LogP contribution in [0.15, 0.2) is 78.9 Å². The molecule has 3 aromatic carbocycles. The number of carbonyl (C=O) groups excluding carboxylic acids is 2. The maximum atomic E-state index is 12.2. The van der Waals surface area contributed by atoms with Crippen LogP contribution in [0.4, 0.5) is 17.1 Å². The standard InChI is InChI=1S/C24H25N3O3/c1-2-23(28)26-20-8-10-21(11-9-20)27-24(29)16-25-19-12-14-22(15-13-19)30-17-18-6-4-3-5-7-18/h3-15,25H,2,16-17H2,1H3,(H,26,28)(H,27,29). The predicted molar refractivity (Wildman–Crippen MR) is 120 cm³/mol. The van der Waals surface area contributed by atoms with Gasteiger partial charge in [-0.3, -0.25) is 9.59 Å². The molecule has 0 fully saturated rings. The maximum absolute atomic E-state index is 12.2. The molecule has 6 nitrogen and oxygen atoms in total. The number of hydrogen-bond acceptors (Lipinski definition) is 4. The highest BCUT2D eigenvalue weighted by molar-refractivity contribution is 5.94. The number of ether oxygens (including phenoxy) is 1. The molecule has 0 heterocycles. The second-order valence-corrected chi connectivity index (χ2v) is 6.68. The fourth-order valence-corrected chi connectivity index (χ4v) is 2.68. The van der Waals surface area contributed by atoms with E-state index in [4.69, 9.17) is 4.74 Å². The molecule has 0 aliphatic rings. The monoisotopic (exact) mass is 403 g/mol. The van der Waals surface area contributed by atoms with Crippen LogP contribution in [0.1, 0.15) is 18.9 Å². The van der Waals surface area contributed by atoms with Gasteiger partial charge >= 0.3 is 0 Å². The van der Waals surface area contributed by atoms with Crippen LogP contribution in [0.3, 0.4) is 0 Å². The molecule has 0 spiro atoms. The van der Waals surface area contributed by atoms with Crippen LogP contribution in [0, 0.1) is 0 Å². The Kier molecular flexibility index (Phi) is 7.44. The first kappa shape index (κ1) is 20.9. The van der Waals surface area contributed by atoms with Gasteiger partial charge in [0.05, 0.1) is 6.54 Å². The van der Waals surface area contributed by atoms with E-state index < -0.39 is 0 Å². The van der Waals surface area contributed by atoms with Gasteiger partial charge in [-0.1, -0.05) is 37.3 Å². The third-order valence-electron chi connectivity index (χ3n) is 4.33. The summed E-state index contributed by atoms with van der Waals surface area (Å²) in [6.07, 6.45) is 0.421. The molecule has 0 bridgehead atoms. The van der Waals surface area contributed by atoms with Crippen LogP contribution < -0.4 is 20.7 Å². The molecule has 2 amide bonds. The van der Waals surface area contributed by atoms with Gasteiger partial charge in [-0.05, 0) is 54.1 Å². The van der Waals surface area contributed by atoms with E-state index in [1.807, 2.05) is 54.6 Å². The number of amides is 2. The number of rotatable bonds is 9. The Bertz CT molecular complexity index is 955.